The molecule has 0 radical (unpaired) electrons. The lowest BCUT2D eigenvalue weighted by molar-refractivity contribution is 0.148. The average molecular weight is 286 g/mol. The average Bonchev–Trinajstić information content (AvgIpc) is 2.68. The third-order valence-corrected chi connectivity index (χ3v) is 4.91. The highest BCUT2D eigenvalue weighted by atomic mass is 32.2. The van der Waals surface area contributed by atoms with E-state index in [4.69, 9.17) is 15.2 Å². The van der Waals surface area contributed by atoms with Gasteiger partial charge in [-0.3, -0.25) is 0 Å². The molecule has 2 N–H and O–H groups in total. The number of methoxy groups -OCH3 is 1. The number of rotatable bonds is 3. The van der Waals surface area contributed by atoms with Crippen LogP contribution in [-0.4, -0.2) is 46.1 Å². The van der Waals surface area contributed by atoms with E-state index in [1.165, 1.54) is 17.5 Å². The van der Waals surface area contributed by atoms with Crippen molar-refractivity contribution in [1.82, 2.24) is 4.31 Å². The molecule has 106 valence electrons. The molecule has 1 aromatic rings. The number of hydrogen-bond donors (Lipinski definition) is 1. The molecule has 1 fully saturated rings. The number of hydrogen-bond acceptors (Lipinski definition) is 5. The van der Waals surface area contributed by atoms with Gasteiger partial charge in [0.15, 0.2) is 0 Å². The van der Waals surface area contributed by atoms with Crippen LogP contribution in [0.2, 0.25) is 0 Å². The second-order valence-electron chi connectivity index (χ2n) is 4.28. The van der Waals surface area contributed by atoms with E-state index < -0.39 is 10.0 Å². The van der Waals surface area contributed by atoms with E-state index >= 15 is 0 Å². The second kappa shape index (κ2) is 5.77. The molecule has 1 aliphatic heterocycles. The Balaban J connectivity index is 2.40. The molecule has 0 aliphatic carbocycles. The molecule has 7 heteroatoms. The first-order valence-electron chi connectivity index (χ1n) is 6.07. The van der Waals surface area contributed by atoms with Crippen LogP contribution in [0.4, 0.5) is 5.69 Å². The number of nitrogens with two attached hydrogens (primary N) is 1. The van der Waals surface area contributed by atoms with Crippen LogP contribution in [-0.2, 0) is 14.8 Å². The van der Waals surface area contributed by atoms with Crippen LogP contribution in [0.3, 0.4) is 0 Å². The van der Waals surface area contributed by atoms with Crippen molar-refractivity contribution < 1.29 is 17.9 Å². The molecule has 1 heterocycles. The van der Waals surface area contributed by atoms with Gasteiger partial charge in [0.05, 0.1) is 13.7 Å². The fourth-order valence-corrected chi connectivity index (χ4v) is 3.65. The van der Waals surface area contributed by atoms with Crippen molar-refractivity contribution in [3.8, 4) is 5.75 Å². The SMILES string of the molecule is COc1ccc(N)cc1S(=O)(=O)N1CCCOCC1. The summed E-state index contributed by atoms with van der Waals surface area (Å²) in [5, 5.41) is 0. The van der Waals surface area contributed by atoms with E-state index in [0.29, 0.717) is 44.2 Å². The Kier molecular flexibility index (Phi) is 4.28. The molecule has 1 aromatic carbocycles. The summed E-state index contributed by atoms with van der Waals surface area (Å²) in [5.74, 6) is 0.305. The smallest absolute Gasteiger partial charge is 0.246 e. The summed E-state index contributed by atoms with van der Waals surface area (Å²) in [7, 11) is -2.16. The highest BCUT2D eigenvalue weighted by Crippen LogP contribution is 2.29. The standard InChI is InChI=1S/C12H18N2O4S/c1-17-11-4-3-10(13)9-12(11)19(15,16)14-5-2-7-18-8-6-14/h3-4,9H,2,5-8,13H2,1H3. The highest BCUT2D eigenvalue weighted by Gasteiger charge is 2.28. The van der Waals surface area contributed by atoms with Crippen LogP contribution in [0, 0.1) is 0 Å². The Morgan fingerprint density at radius 2 is 2.11 bits per heavy atom. The predicted octanol–water partition coefficient (Wildman–Crippen LogP) is 0.688. The zero-order valence-corrected chi connectivity index (χ0v) is 11.6. The molecule has 0 bridgehead atoms. The summed E-state index contributed by atoms with van der Waals surface area (Å²) in [6.07, 6.45) is 0.684. The first kappa shape index (κ1) is 14.1. The number of nitrogen functional groups attached to an aromatic ring is 1. The van der Waals surface area contributed by atoms with E-state index in [0.717, 1.165) is 0 Å². The minimum Gasteiger partial charge on any atom is -0.495 e. The summed E-state index contributed by atoms with van der Waals surface area (Å²) in [6.45, 7) is 1.78. The van der Waals surface area contributed by atoms with Gasteiger partial charge in [-0.2, -0.15) is 4.31 Å². The van der Waals surface area contributed by atoms with Crippen LogP contribution in [0.5, 0.6) is 5.75 Å². The Morgan fingerprint density at radius 1 is 1.32 bits per heavy atom. The number of ether oxygens (including phenoxy) is 2. The van der Waals surface area contributed by atoms with Gasteiger partial charge in [0.2, 0.25) is 10.0 Å². The number of anilines is 1. The first-order valence-corrected chi connectivity index (χ1v) is 7.51. The maximum absolute atomic E-state index is 12.6. The zero-order valence-electron chi connectivity index (χ0n) is 10.8. The number of benzene rings is 1. The van der Waals surface area contributed by atoms with Gasteiger partial charge in [0.1, 0.15) is 10.6 Å². The summed E-state index contributed by atoms with van der Waals surface area (Å²) in [6, 6.07) is 4.61. The van der Waals surface area contributed by atoms with Crippen LogP contribution < -0.4 is 10.5 Å². The molecule has 6 nitrogen and oxygen atoms in total. The molecule has 1 saturated heterocycles. The van der Waals surface area contributed by atoms with E-state index in [-0.39, 0.29) is 4.90 Å². The lowest BCUT2D eigenvalue weighted by Crippen LogP contribution is -2.33. The van der Waals surface area contributed by atoms with Gasteiger partial charge in [-0.15, -0.1) is 0 Å². The molecule has 2 rings (SSSR count). The molecule has 0 amide bonds. The maximum atomic E-state index is 12.6. The molecule has 0 unspecified atom stereocenters. The van der Waals surface area contributed by atoms with E-state index in [2.05, 4.69) is 0 Å². The van der Waals surface area contributed by atoms with Gasteiger partial charge < -0.3 is 15.2 Å². The fraction of sp³-hybridized carbons (Fsp3) is 0.500. The molecule has 0 atom stereocenters. The minimum atomic E-state index is -3.60. The van der Waals surface area contributed by atoms with Crippen LogP contribution in [0.25, 0.3) is 0 Å². The molecular formula is C12H18N2O4S. The Bertz CT molecular complexity index is 537. The van der Waals surface area contributed by atoms with Crippen LogP contribution in [0.15, 0.2) is 23.1 Å². The van der Waals surface area contributed by atoms with Crippen molar-refractivity contribution >= 4 is 15.7 Å². The quantitative estimate of drug-likeness (QED) is 0.827. The lowest BCUT2D eigenvalue weighted by atomic mass is 10.3. The molecule has 0 aromatic heterocycles. The van der Waals surface area contributed by atoms with E-state index in [1.54, 1.807) is 12.1 Å². The third-order valence-electron chi connectivity index (χ3n) is 2.99. The second-order valence-corrected chi connectivity index (χ2v) is 6.19. The molecular weight excluding hydrogens is 268 g/mol. The van der Waals surface area contributed by atoms with Gasteiger partial charge >= 0.3 is 0 Å². The lowest BCUT2D eigenvalue weighted by Gasteiger charge is -2.20. The summed E-state index contributed by atoms with van der Waals surface area (Å²) >= 11 is 0. The monoisotopic (exact) mass is 286 g/mol. The molecule has 1 aliphatic rings. The molecule has 19 heavy (non-hydrogen) atoms. The van der Waals surface area contributed by atoms with Gasteiger partial charge in [-0.1, -0.05) is 0 Å². The molecule has 0 saturated carbocycles. The van der Waals surface area contributed by atoms with Crippen molar-refractivity contribution in [1.29, 1.82) is 0 Å². The van der Waals surface area contributed by atoms with Gasteiger partial charge in [-0.05, 0) is 24.6 Å². The third kappa shape index (κ3) is 2.99. The first-order chi connectivity index (χ1) is 9.05. The Morgan fingerprint density at radius 3 is 2.84 bits per heavy atom. The van der Waals surface area contributed by atoms with Crippen molar-refractivity contribution in [2.45, 2.75) is 11.3 Å². The van der Waals surface area contributed by atoms with Crippen molar-refractivity contribution in [2.75, 3.05) is 39.1 Å². The minimum absolute atomic E-state index is 0.108. The van der Waals surface area contributed by atoms with Gasteiger partial charge in [-0.25, -0.2) is 8.42 Å². The largest absolute Gasteiger partial charge is 0.495 e. The molecule has 0 spiro atoms. The summed E-state index contributed by atoms with van der Waals surface area (Å²) in [4.78, 5) is 0.108. The number of sulfonamides is 1. The van der Waals surface area contributed by atoms with Crippen LogP contribution >= 0.6 is 0 Å². The van der Waals surface area contributed by atoms with Crippen molar-refractivity contribution in [3.63, 3.8) is 0 Å². The Labute approximate surface area is 113 Å². The predicted molar refractivity (Wildman–Crippen MR) is 71.6 cm³/mol. The number of nitrogens with zero attached hydrogens (tertiary/aromatic N) is 1. The topological polar surface area (TPSA) is 81.9 Å². The van der Waals surface area contributed by atoms with E-state index in [9.17, 15) is 8.42 Å². The van der Waals surface area contributed by atoms with E-state index in [1.807, 2.05) is 0 Å². The van der Waals surface area contributed by atoms with Gasteiger partial charge in [0, 0.05) is 25.4 Å². The van der Waals surface area contributed by atoms with Crippen LogP contribution in [0.1, 0.15) is 6.42 Å². The van der Waals surface area contributed by atoms with Crippen molar-refractivity contribution in [3.05, 3.63) is 18.2 Å². The van der Waals surface area contributed by atoms with Gasteiger partial charge in [0.25, 0.3) is 0 Å². The Hall–Kier alpha value is -1.31. The zero-order chi connectivity index (χ0) is 13.9. The maximum Gasteiger partial charge on any atom is 0.246 e. The summed E-state index contributed by atoms with van der Waals surface area (Å²) < 4.78 is 37.0. The fourth-order valence-electron chi connectivity index (χ4n) is 2.00. The summed E-state index contributed by atoms with van der Waals surface area (Å²) in [5.41, 5.74) is 6.07. The van der Waals surface area contributed by atoms with Crippen molar-refractivity contribution in [2.24, 2.45) is 0 Å². The highest BCUT2D eigenvalue weighted by molar-refractivity contribution is 7.89. The normalized spacial score (nSPS) is 17.9.